The zero-order valence-corrected chi connectivity index (χ0v) is 12.7. The van der Waals surface area contributed by atoms with Gasteiger partial charge in [-0.1, -0.05) is 18.2 Å². The van der Waals surface area contributed by atoms with E-state index in [-0.39, 0.29) is 11.4 Å². The molecule has 2 N–H and O–H groups in total. The quantitative estimate of drug-likeness (QED) is 0.813. The number of nitrogens with one attached hydrogen (secondary N) is 2. The molecule has 108 valence electrons. The standard InChI is InChI=1S/C16H22N2O2/c1-15(2,3)20-18-14(19)12-7-6-11-8-9-16(4,5)17-13(11)10-12/h6-10,17H,1-5H3,(H,18,19). The first-order valence-corrected chi connectivity index (χ1v) is 6.76. The van der Waals surface area contributed by atoms with E-state index in [4.69, 9.17) is 4.84 Å². The predicted octanol–water partition coefficient (Wildman–Crippen LogP) is 3.36. The molecule has 0 bridgehead atoms. The van der Waals surface area contributed by atoms with E-state index < -0.39 is 5.60 Å². The summed E-state index contributed by atoms with van der Waals surface area (Å²) in [5.74, 6) is -0.239. The molecular formula is C16H22N2O2. The maximum Gasteiger partial charge on any atom is 0.274 e. The SMILES string of the molecule is CC1(C)C=Cc2ccc(C(=O)NOC(C)(C)C)cc2N1. The fraction of sp³-hybridized carbons (Fsp3) is 0.438. The molecule has 0 saturated heterocycles. The van der Waals surface area contributed by atoms with Crippen molar-refractivity contribution < 1.29 is 9.63 Å². The number of anilines is 1. The molecule has 1 aromatic carbocycles. The number of fused-ring (bicyclic) bond motifs is 1. The lowest BCUT2D eigenvalue weighted by Crippen LogP contribution is -2.34. The number of benzene rings is 1. The van der Waals surface area contributed by atoms with Crippen LogP contribution in [0.4, 0.5) is 5.69 Å². The van der Waals surface area contributed by atoms with Crippen molar-refractivity contribution in [2.24, 2.45) is 0 Å². The van der Waals surface area contributed by atoms with E-state index in [1.165, 1.54) is 0 Å². The Morgan fingerprint density at radius 3 is 2.65 bits per heavy atom. The number of carbonyl (C=O) groups excluding carboxylic acids is 1. The van der Waals surface area contributed by atoms with Gasteiger partial charge in [0.25, 0.3) is 5.91 Å². The molecule has 1 aliphatic heterocycles. The summed E-state index contributed by atoms with van der Waals surface area (Å²) in [6.45, 7) is 9.82. The van der Waals surface area contributed by atoms with Crippen molar-refractivity contribution in [1.29, 1.82) is 0 Å². The molecule has 0 aromatic heterocycles. The molecule has 1 aromatic rings. The van der Waals surface area contributed by atoms with Gasteiger partial charge in [0.05, 0.1) is 11.1 Å². The third kappa shape index (κ3) is 3.61. The second-order valence-corrected chi connectivity index (χ2v) is 6.63. The molecule has 2 rings (SSSR count). The molecular weight excluding hydrogens is 252 g/mol. The summed E-state index contributed by atoms with van der Waals surface area (Å²) < 4.78 is 0. The van der Waals surface area contributed by atoms with Crippen molar-refractivity contribution in [3.8, 4) is 0 Å². The molecule has 1 amide bonds. The van der Waals surface area contributed by atoms with Crippen molar-refractivity contribution in [2.75, 3.05) is 5.32 Å². The molecule has 0 aliphatic carbocycles. The summed E-state index contributed by atoms with van der Waals surface area (Å²) in [5, 5.41) is 3.40. The van der Waals surface area contributed by atoms with Crippen LogP contribution in [0.2, 0.25) is 0 Å². The summed E-state index contributed by atoms with van der Waals surface area (Å²) >= 11 is 0. The van der Waals surface area contributed by atoms with Gasteiger partial charge in [-0.25, -0.2) is 5.48 Å². The van der Waals surface area contributed by atoms with E-state index in [0.29, 0.717) is 5.56 Å². The number of hydrogen-bond acceptors (Lipinski definition) is 3. The van der Waals surface area contributed by atoms with Crippen LogP contribution in [-0.4, -0.2) is 17.0 Å². The van der Waals surface area contributed by atoms with Crippen molar-refractivity contribution in [2.45, 2.75) is 45.8 Å². The van der Waals surface area contributed by atoms with Gasteiger partial charge in [-0.3, -0.25) is 9.63 Å². The van der Waals surface area contributed by atoms with E-state index in [9.17, 15) is 4.79 Å². The number of hydrogen-bond donors (Lipinski definition) is 2. The Hall–Kier alpha value is -1.81. The van der Waals surface area contributed by atoms with Crippen molar-refractivity contribution >= 4 is 17.7 Å². The van der Waals surface area contributed by atoms with E-state index in [1.54, 1.807) is 6.07 Å². The average Bonchev–Trinajstić information content (AvgIpc) is 2.33. The van der Waals surface area contributed by atoms with Gasteiger partial charge in [-0.05, 0) is 52.3 Å². The summed E-state index contributed by atoms with van der Waals surface area (Å²) in [7, 11) is 0. The molecule has 0 atom stereocenters. The van der Waals surface area contributed by atoms with Crippen molar-refractivity contribution in [1.82, 2.24) is 5.48 Å². The zero-order chi connectivity index (χ0) is 15.0. The maximum atomic E-state index is 12.1. The fourth-order valence-electron chi connectivity index (χ4n) is 1.90. The Bertz CT molecular complexity index is 554. The number of hydroxylamine groups is 1. The van der Waals surface area contributed by atoms with Crippen LogP contribution in [0.1, 0.15) is 50.5 Å². The number of rotatable bonds is 2. The van der Waals surface area contributed by atoms with Crippen LogP contribution in [0, 0.1) is 0 Å². The van der Waals surface area contributed by atoms with Gasteiger partial charge in [0.2, 0.25) is 0 Å². The molecule has 1 aliphatic rings. The average molecular weight is 274 g/mol. The molecule has 4 heteroatoms. The lowest BCUT2D eigenvalue weighted by molar-refractivity contribution is -0.0589. The van der Waals surface area contributed by atoms with Gasteiger partial charge in [-0.15, -0.1) is 0 Å². The van der Waals surface area contributed by atoms with Crippen molar-refractivity contribution in [3.05, 3.63) is 35.4 Å². The second-order valence-electron chi connectivity index (χ2n) is 6.63. The predicted molar refractivity (Wildman–Crippen MR) is 81.5 cm³/mol. The highest BCUT2D eigenvalue weighted by Crippen LogP contribution is 2.28. The first kappa shape index (κ1) is 14.6. The van der Waals surface area contributed by atoms with Crippen LogP contribution in [0.3, 0.4) is 0 Å². The highest BCUT2D eigenvalue weighted by atomic mass is 16.7. The van der Waals surface area contributed by atoms with Gasteiger partial charge in [0.15, 0.2) is 0 Å². The molecule has 0 unspecified atom stereocenters. The lowest BCUT2D eigenvalue weighted by Gasteiger charge is -2.29. The van der Waals surface area contributed by atoms with E-state index in [2.05, 4.69) is 36.8 Å². The molecule has 1 heterocycles. The van der Waals surface area contributed by atoms with Crippen LogP contribution in [0.25, 0.3) is 6.08 Å². The fourth-order valence-corrected chi connectivity index (χ4v) is 1.90. The molecule has 0 spiro atoms. The summed E-state index contributed by atoms with van der Waals surface area (Å²) in [6, 6.07) is 5.58. The Kier molecular flexibility index (Phi) is 3.61. The van der Waals surface area contributed by atoms with Crippen LogP contribution in [0.5, 0.6) is 0 Å². The van der Waals surface area contributed by atoms with Crippen LogP contribution in [-0.2, 0) is 4.84 Å². The molecule has 0 fully saturated rings. The first-order chi connectivity index (χ1) is 9.16. The second kappa shape index (κ2) is 4.94. The topological polar surface area (TPSA) is 50.4 Å². The van der Waals surface area contributed by atoms with Gasteiger partial charge in [0.1, 0.15) is 0 Å². The van der Waals surface area contributed by atoms with Crippen LogP contribution in [0.15, 0.2) is 24.3 Å². The number of amides is 1. The first-order valence-electron chi connectivity index (χ1n) is 6.76. The molecule has 4 nitrogen and oxygen atoms in total. The Balaban J connectivity index is 2.16. The lowest BCUT2D eigenvalue weighted by atomic mass is 9.96. The Morgan fingerprint density at radius 1 is 1.30 bits per heavy atom. The molecule has 0 radical (unpaired) electrons. The van der Waals surface area contributed by atoms with Crippen molar-refractivity contribution in [3.63, 3.8) is 0 Å². The Labute approximate surface area is 120 Å². The maximum absolute atomic E-state index is 12.1. The normalized spacial score (nSPS) is 16.2. The molecule has 0 saturated carbocycles. The zero-order valence-electron chi connectivity index (χ0n) is 12.7. The summed E-state index contributed by atoms with van der Waals surface area (Å²) in [5.41, 5.74) is 4.58. The monoisotopic (exact) mass is 274 g/mol. The van der Waals surface area contributed by atoms with Crippen LogP contribution < -0.4 is 10.8 Å². The van der Waals surface area contributed by atoms with Gasteiger partial charge < -0.3 is 5.32 Å². The van der Waals surface area contributed by atoms with E-state index in [0.717, 1.165) is 11.3 Å². The largest absolute Gasteiger partial charge is 0.376 e. The summed E-state index contributed by atoms with van der Waals surface area (Å²) in [6.07, 6.45) is 4.18. The highest BCUT2D eigenvalue weighted by Gasteiger charge is 2.20. The minimum Gasteiger partial charge on any atom is -0.376 e. The van der Waals surface area contributed by atoms with Gasteiger partial charge >= 0.3 is 0 Å². The van der Waals surface area contributed by atoms with Gasteiger partial charge in [0, 0.05) is 11.3 Å². The highest BCUT2D eigenvalue weighted by molar-refractivity contribution is 5.95. The summed E-state index contributed by atoms with van der Waals surface area (Å²) in [4.78, 5) is 17.4. The third-order valence-corrected chi connectivity index (χ3v) is 2.90. The Morgan fingerprint density at radius 2 is 2.00 bits per heavy atom. The smallest absolute Gasteiger partial charge is 0.274 e. The van der Waals surface area contributed by atoms with E-state index in [1.807, 2.05) is 32.9 Å². The minimum absolute atomic E-state index is 0.107. The number of carbonyl (C=O) groups is 1. The van der Waals surface area contributed by atoms with Gasteiger partial charge in [-0.2, -0.15) is 0 Å². The molecule has 20 heavy (non-hydrogen) atoms. The van der Waals surface area contributed by atoms with Crippen LogP contribution >= 0.6 is 0 Å². The van der Waals surface area contributed by atoms with E-state index >= 15 is 0 Å². The minimum atomic E-state index is -0.410. The third-order valence-electron chi connectivity index (χ3n) is 2.90.